The van der Waals surface area contributed by atoms with E-state index in [1.54, 1.807) is 0 Å². The van der Waals surface area contributed by atoms with Gasteiger partial charge in [-0.3, -0.25) is 0 Å². The van der Waals surface area contributed by atoms with Crippen LogP contribution in [0.5, 0.6) is 0 Å². The van der Waals surface area contributed by atoms with E-state index in [4.69, 9.17) is 5.53 Å². The van der Waals surface area contributed by atoms with Gasteiger partial charge in [-0.25, -0.2) is 0 Å². The highest BCUT2D eigenvalue weighted by molar-refractivity contribution is 5.93. The van der Waals surface area contributed by atoms with Gasteiger partial charge in [-0.2, -0.15) is 4.58 Å². The van der Waals surface area contributed by atoms with Gasteiger partial charge in [0.2, 0.25) is 10.6 Å². The number of nitrogens with one attached hydrogen (secondary N) is 1. The second-order valence-corrected chi connectivity index (χ2v) is 5.55. The van der Waals surface area contributed by atoms with E-state index in [1.807, 2.05) is 0 Å². The Labute approximate surface area is 114 Å². The van der Waals surface area contributed by atoms with Crippen molar-refractivity contribution in [3.63, 3.8) is 0 Å². The molecular weight excluding hydrogens is 236 g/mol. The zero-order valence-electron chi connectivity index (χ0n) is 12.0. The molecule has 0 unspecified atom stereocenters. The van der Waals surface area contributed by atoms with Gasteiger partial charge in [0.1, 0.15) is 23.7 Å². The van der Waals surface area contributed by atoms with Crippen molar-refractivity contribution in [1.82, 2.24) is 4.91 Å². The molecule has 0 radical (unpaired) electrons. The monoisotopic (exact) mass is 258 g/mol. The van der Waals surface area contributed by atoms with Gasteiger partial charge in [-0.05, 0) is 20.3 Å². The summed E-state index contributed by atoms with van der Waals surface area (Å²) in [5.74, 6) is 0. The second kappa shape index (κ2) is 5.45. The van der Waals surface area contributed by atoms with Gasteiger partial charge in [0.05, 0.1) is 5.41 Å². The molecule has 4 heteroatoms. The highest BCUT2D eigenvalue weighted by Gasteiger charge is 2.42. The predicted octanol–water partition coefficient (Wildman–Crippen LogP) is 3.41. The summed E-state index contributed by atoms with van der Waals surface area (Å²) in [5.41, 5.74) is 10.9. The number of para-hydroxylation sites is 1. The van der Waals surface area contributed by atoms with Crippen LogP contribution in [0.3, 0.4) is 0 Å². The Bertz CT molecular complexity index is 551. The molecule has 1 aromatic carbocycles. The third kappa shape index (κ3) is 2.49. The third-order valence-corrected chi connectivity index (χ3v) is 4.14. The minimum absolute atomic E-state index is 0.123. The lowest BCUT2D eigenvalue weighted by molar-refractivity contribution is -0.439. The van der Waals surface area contributed by atoms with E-state index >= 15 is 0 Å². The maximum atomic E-state index is 6.63. The molecule has 0 aromatic heterocycles. The van der Waals surface area contributed by atoms with Gasteiger partial charge in [0.15, 0.2) is 5.71 Å². The number of rotatable bonds is 5. The van der Waals surface area contributed by atoms with Gasteiger partial charge < -0.3 is 0 Å². The molecule has 0 fully saturated rings. The molecule has 0 bridgehead atoms. The van der Waals surface area contributed by atoms with E-state index in [0.29, 0.717) is 6.54 Å². The molecule has 0 atom stereocenters. The minimum Gasteiger partial charge on any atom is -0.199 e. The van der Waals surface area contributed by atoms with E-state index in [2.05, 4.69) is 59.6 Å². The zero-order chi connectivity index (χ0) is 13.9. The van der Waals surface area contributed by atoms with E-state index < -0.39 is 0 Å². The van der Waals surface area contributed by atoms with Crippen molar-refractivity contribution < 1.29 is 4.58 Å². The summed E-state index contributed by atoms with van der Waals surface area (Å²) < 4.78 is 2.42. The van der Waals surface area contributed by atoms with Crippen LogP contribution in [-0.2, 0) is 5.41 Å². The molecule has 0 saturated heterocycles. The third-order valence-electron chi connectivity index (χ3n) is 4.14. The molecule has 1 aliphatic heterocycles. The molecule has 0 saturated carbocycles. The number of unbranched alkanes of at least 4 members (excludes halogenated alkanes) is 1. The van der Waals surface area contributed by atoms with E-state index in [9.17, 15) is 0 Å². The zero-order valence-corrected chi connectivity index (χ0v) is 12.0. The fourth-order valence-electron chi connectivity index (χ4n) is 2.74. The normalized spacial score (nSPS) is 16.2. The molecule has 1 aromatic rings. The van der Waals surface area contributed by atoms with Crippen molar-refractivity contribution in [2.45, 2.75) is 39.0 Å². The fraction of sp³-hybridized carbons (Fsp3) is 0.533. The average Bonchev–Trinajstić information content (AvgIpc) is 2.60. The fourth-order valence-corrected chi connectivity index (χ4v) is 2.74. The van der Waals surface area contributed by atoms with E-state index in [0.717, 1.165) is 19.4 Å². The first kappa shape index (κ1) is 13.6. The average molecular weight is 258 g/mol. The van der Waals surface area contributed by atoms with Crippen LogP contribution in [0.2, 0.25) is 0 Å². The Balaban J connectivity index is 2.15. The molecule has 4 nitrogen and oxygen atoms in total. The number of benzene rings is 1. The lowest BCUT2D eigenvalue weighted by Crippen LogP contribution is -2.26. The van der Waals surface area contributed by atoms with Gasteiger partial charge in [0.25, 0.3) is 0 Å². The molecule has 0 spiro atoms. The van der Waals surface area contributed by atoms with Crippen LogP contribution >= 0.6 is 0 Å². The highest BCUT2D eigenvalue weighted by Crippen LogP contribution is 2.39. The van der Waals surface area contributed by atoms with E-state index in [1.165, 1.54) is 17.0 Å². The number of hydrogen-bond acceptors (Lipinski definition) is 2. The summed E-state index contributed by atoms with van der Waals surface area (Å²) in [5, 5.41) is 3.69. The minimum atomic E-state index is 0.123. The quantitative estimate of drug-likeness (QED) is 0.364. The lowest BCUT2D eigenvalue weighted by Gasteiger charge is -2.14. The first-order valence-corrected chi connectivity index (χ1v) is 6.83. The molecule has 19 heavy (non-hydrogen) atoms. The Hall–Kier alpha value is -1.80. The first-order chi connectivity index (χ1) is 9.09. The Morgan fingerprint density at radius 2 is 2.00 bits per heavy atom. The molecule has 100 valence electrons. The lowest BCUT2D eigenvalue weighted by atomic mass is 9.82. The molecule has 0 amide bonds. The van der Waals surface area contributed by atoms with Crippen molar-refractivity contribution in [2.75, 3.05) is 13.1 Å². The van der Waals surface area contributed by atoms with Crippen molar-refractivity contribution in [3.05, 3.63) is 29.8 Å². The molecule has 1 heterocycles. The van der Waals surface area contributed by atoms with Crippen molar-refractivity contribution in [3.8, 4) is 0 Å². The Morgan fingerprint density at radius 3 is 2.74 bits per heavy atom. The number of fused-ring (bicyclic) bond motifs is 1. The van der Waals surface area contributed by atoms with Crippen molar-refractivity contribution in [2.24, 2.45) is 5.11 Å². The smallest absolute Gasteiger partial charge is 0.199 e. The van der Waals surface area contributed by atoms with Crippen LogP contribution < -0.4 is 4.91 Å². The van der Waals surface area contributed by atoms with Crippen LogP contribution in [0.1, 0.15) is 39.2 Å². The predicted molar refractivity (Wildman–Crippen MR) is 76.3 cm³/mol. The van der Waals surface area contributed by atoms with Crippen LogP contribution in [0, 0.1) is 5.53 Å². The summed E-state index contributed by atoms with van der Waals surface area (Å²) in [6.45, 7) is 8.47. The maximum absolute atomic E-state index is 6.63. The van der Waals surface area contributed by atoms with E-state index in [-0.39, 0.29) is 5.41 Å². The van der Waals surface area contributed by atoms with Crippen LogP contribution in [-0.4, -0.2) is 23.4 Å². The Kier molecular flexibility index (Phi) is 3.91. The largest absolute Gasteiger partial charge is 0.214 e. The van der Waals surface area contributed by atoms with Crippen molar-refractivity contribution in [1.29, 1.82) is 5.53 Å². The summed E-state index contributed by atoms with van der Waals surface area (Å²) >= 11 is 0. The number of hydrogen-bond donors (Lipinski definition) is 1. The Morgan fingerprint density at radius 1 is 1.26 bits per heavy atom. The SMILES string of the molecule is CC1=[N+](CCCCN=[N+]=N)c2ccccc2C1(C)C. The summed E-state index contributed by atoms with van der Waals surface area (Å²) in [7, 11) is 0. The van der Waals surface area contributed by atoms with Gasteiger partial charge >= 0.3 is 0 Å². The van der Waals surface area contributed by atoms with Crippen LogP contribution in [0.25, 0.3) is 0 Å². The summed E-state index contributed by atoms with van der Waals surface area (Å²) in [6.07, 6.45) is 2.05. The summed E-state index contributed by atoms with van der Waals surface area (Å²) in [6, 6.07) is 8.66. The summed E-state index contributed by atoms with van der Waals surface area (Å²) in [4.78, 5) is 3.04. The highest BCUT2D eigenvalue weighted by atomic mass is 15.1. The van der Waals surface area contributed by atoms with Gasteiger partial charge in [-0.1, -0.05) is 18.2 Å². The second-order valence-electron chi connectivity index (χ2n) is 5.55. The van der Waals surface area contributed by atoms with Crippen molar-refractivity contribution >= 4 is 11.4 Å². The molecule has 1 aliphatic rings. The van der Waals surface area contributed by atoms with Gasteiger partial charge in [0, 0.05) is 25.0 Å². The van der Waals surface area contributed by atoms with Crippen LogP contribution in [0.15, 0.2) is 29.4 Å². The molecule has 1 N–H and O–H groups in total. The first-order valence-electron chi connectivity index (χ1n) is 6.83. The standard InChI is InChI=1S/C15H22N4/c1-12-15(2,3)13-8-4-5-9-14(13)19(12)11-7-6-10-17-18-16/h4-5,8-9,16H,6-7,10-11H2,1-3H3/q+2. The maximum Gasteiger partial charge on any atom is 0.214 e. The number of nitrogens with zero attached hydrogens (tertiary/aromatic N) is 3. The molecule has 2 rings (SSSR count). The molecule has 0 aliphatic carbocycles. The van der Waals surface area contributed by atoms with Crippen LogP contribution in [0.4, 0.5) is 5.69 Å². The molecular formula is C15H22N4+2. The topological polar surface area (TPSA) is 53.3 Å². The van der Waals surface area contributed by atoms with Gasteiger partial charge in [-0.15, -0.1) is 0 Å².